The first-order valence-corrected chi connectivity index (χ1v) is 6.90. The van der Waals surface area contributed by atoms with Crippen LogP contribution in [0.25, 0.3) is 0 Å². The fraction of sp³-hybridized carbons (Fsp3) is 0.846. The number of hydrogen-bond donors (Lipinski definition) is 1. The van der Waals surface area contributed by atoms with Crippen molar-refractivity contribution in [2.75, 3.05) is 6.54 Å². The molecule has 2 rings (SSSR count). The van der Waals surface area contributed by atoms with Crippen molar-refractivity contribution in [3.8, 4) is 0 Å². The molecule has 0 aromatic carbocycles. The Bertz CT molecular complexity index is 326. The molecular formula is C13H24N4. The first kappa shape index (κ1) is 12.6. The van der Waals surface area contributed by atoms with Gasteiger partial charge in [0.1, 0.15) is 12.2 Å². The van der Waals surface area contributed by atoms with Gasteiger partial charge in [0.15, 0.2) is 0 Å². The molecule has 1 unspecified atom stereocenters. The van der Waals surface area contributed by atoms with E-state index in [1.807, 2.05) is 11.7 Å². The van der Waals surface area contributed by atoms with Gasteiger partial charge < -0.3 is 5.32 Å². The molecule has 1 aliphatic carbocycles. The van der Waals surface area contributed by atoms with E-state index in [1.54, 1.807) is 6.33 Å². The highest BCUT2D eigenvalue weighted by atomic mass is 15.3. The van der Waals surface area contributed by atoms with E-state index in [2.05, 4.69) is 22.3 Å². The molecular weight excluding hydrogens is 212 g/mol. The highest BCUT2D eigenvalue weighted by Crippen LogP contribution is 2.32. The van der Waals surface area contributed by atoms with Gasteiger partial charge in [-0.15, -0.1) is 0 Å². The summed E-state index contributed by atoms with van der Waals surface area (Å²) in [6.45, 7) is 3.16. The van der Waals surface area contributed by atoms with Gasteiger partial charge in [-0.3, -0.25) is 4.68 Å². The third-order valence-electron chi connectivity index (χ3n) is 3.82. The normalized spacial score (nSPS) is 20.1. The lowest BCUT2D eigenvalue weighted by Crippen LogP contribution is -2.30. The van der Waals surface area contributed by atoms with Gasteiger partial charge in [-0.05, 0) is 25.3 Å². The maximum atomic E-state index is 4.43. The number of hydrogen-bond acceptors (Lipinski definition) is 3. The van der Waals surface area contributed by atoms with Crippen molar-refractivity contribution < 1.29 is 0 Å². The summed E-state index contributed by atoms with van der Waals surface area (Å²) >= 11 is 0. The van der Waals surface area contributed by atoms with Crippen molar-refractivity contribution in [2.24, 2.45) is 13.0 Å². The van der Waals surface area contributed by atoms with Crippen molar-refractivity contribution in [1.29, 1.82) is 0 Å². The Balaban J connectivity index is 2.13. The molecule has 4 heteroatoms. The topological polar surface area (TPSA) is 42.7 Å². The van der Waals surface area contributed by atoms with Crippen LogP contribution in [-0.4, -0.2) is 21.3 Å². The van der Waals surface area contributed by atoms with Crippen LogP contribution < -0.4 is 5.32 Å². The maximum absolute atomic E-state index is 4.43. The maximum Gasteiger partial charge on any atom is 0.143 e. The second-order valence-corrected chi connectivity index (χ2v) is 5.03. The predicted molar refractivity (Wildman–Crippen MR) is 68.6 cm³/mol. The van der Waals surface area contributed by atoms with Crippen LogP contribution in [0.2, 0.25) is 0 Å². The van der Waals surface area contributed by atoms with Gasteiger partial charge in [0.25, 0.3) is 0 Å². The Morgan fingerprint density at radius 1 is 1.35 bits per heavy atom. The van der Waals surface area contributed by atoms with Crippen LogP contribution in [0.5, 0.6) is 0 Å². The molecule has 0 spiro atoms. The van der Waals surface area contributed by atoms with Gasteiger partial charge in [-0.25, -0.2) is 4.98 Å². The average molecular weight is 236 g/mol. The molecule has 1 aliphatic rings. The fourth-order valence-electron chi connectivity index (χ4n) is 2.92. The van der Waals surface area contributed by atoms with Gasteiger partial charge in [0.05, 0.1) is 6.04 Å². The van der Waals surface area contributed by atoms with Gasteiger partial charge in [-0.1, -0.05) is 32.6 Å². The fourth-order valence-corrected chi connectivity index (χ4v) is 2.92. The molecule has 0 saturated heterocycles. The van der Waals surface area contributed by atoms with E-state index in [1.165, 1.54) is 38.5 Å². The number of aryl methyl sites for hydroxylation is 1. The lowest BCUT2D eigenvalue weighted by molar-refractivity contribution is 0.311. The minimum absolute atomic E-state index is 0.380. The van der Waals surface area contributed by atoms with Crippen molar-refractivity contribution in [2.45, 2.75) is 51.5 Å². The van der Waals surface area contributed by atoms with E-state index < -0.39 is 0 Å². The molecule has 0 bridgehead atoms. The molecule has 0 amide bonds. The molecule has 1 N–H and O–H groups in total. The molecule has 1 atom stereocenters. The van der Waals surface area contributed by atoms with Crippen LogP contribution in [-0.2, 0) is 7.05 Å². The monoisotopic (exact) mass is 236 g/mol. The van der Waals surface area contributed by atoms with Crippen molar-refractivity contribution in [3.63, 3.8) is 0 Å². The van der Waals surface area contributed by atoms with E-state index >= 15 is 0 Å². The summed E-state index contributed by atoms with van der Waals surface area (Å²) in [6.07, 6.45) is 9.84. The largest absolute Gasteiger partial charge is 0.307 e. The number of rotatable bonds is 4. The smallest absolute Gasteiger partial charge is 0.143 e. The summed E-state index contributed by atoms with van der Waals surface area (Å²) in [5.74, 6) is 1.82. The molecule has 1 aromatic rings. The summed E-state index contributed by atoms with van der Waals surface area (Å²) in [5.41, 5.74) is 0. The number of nitrogens with one attached hydrogen (secondary N) is 1. The predicted octanol–water partition coefficient (Wildman–Crippen LogP) is 2.44. The van der Waals surface area contributed by atoms with Gasteiger partial charge in [-0.2, -0.15) is 5.10 Å². The summed E-state index contributed by atoms with van der Waals surface area (Å²) < 4.78 is 1.91. The number of aromatic nitrogens is 3. The van der Waals surface area contributed by atoms with Crippen molar-refractivity contribution >= 4 is 0 Å². The van der Waals surface area contributed by atoms with E-state index in [0.717, 1.165) is 18.3 Å². The Kier molecular flexibility index (Phi) is 4.54. The third kappa shape index (κ3) is 3.06. The highest BCUT2D eigenvalue weighted by Gasteiger charge is 2.26. The summed E-state index contributed by atoms with van der Waals surface area (Å²) in [4.78, 5) is 4.43. The molecule has 1 fully saturated rings. The molecule has 1 aromatic heterocycles. The zero-order chi connectivity index (χ0) is 12.1. The van der Waals surface area contributed by atoms with Crippen LogP contribution in [0.15, 0.2) is 6.33 Å². The average Bonchev–Trinajstić information content (AvgIpc) is 2.60. The summed E-state index contributed by atoms with van der Waals surface area (Å²) in [5, 5.41) is 7.80. The van der Waals surface area contributed by atoms with E-state index in [9.17, 15) is 0 Å². The molecule has 96 valence electrons. The van der Waals surface area contributed by atoms with Gasteiger partial charge >= 0.3 is 0 Å². The Hall–Kier alpha value is -0.900. The van der Waals surface area contributed by atoms with Gasteiger partial charge in [0, 0.05) is 7.05 Å². The first-order valence-electron chi connectivity index (χ1n) is 6.90. The lowest BCUT2D eigenvalue weighted by atomic mass is 9.91. The molecule has 17 heavy (non-hydrogen) atoms. The SMILES string of the molecule is CCNC(c1ncnn1C)C1CCCCCC1. The van der Waals surface area contributed by atoms with Crippen LogP contribution in [0.3, 0.4) is 0 Å². The van der Waals surface area contributed by atoms with Crippen molar-refractivity contribution in [3.05, 3.63) is 12.2 Å². The molecule has 4 nitrogen and oxygen atoms in total. The summed E-state index contributed by atoms with van der Waals surface area (Å²) in [6, 6.07) is 0.380. The molecule has 0 aliphatic heterocycles. The van der Waals surface area contributed by atoms with Crippen LogP contribution in [0.4, 0.5) is 0 Å². The molecule has 1 saturated carbocycles. The Labute approximate surface area is 104 Å². The zero-order valence-corrected chi connectivity index (χ0v) is 11.0. The Morgan fingerprint density at radius 2 is 2.06 bits per heavy atom. The van der Waals surface area contributed by atoms with Gasteiger partial charge in [0.2, 0.25) is 0 Å². The third-order valence-corrected chi connectivity index (χ3v) is 3.82. The molecule has 0 radical (unpaired) electrons. The summed E-state index contributed by atoms with van der Waals surface area (Å²) in [7, 11) is 1.99. The second kappa shape index (κ2) is 6.15. The lowest BCUT2D eigenvalue weighted by Gasteiger charge is -2.26. The van der Waals surface area contributed by atoms with E-state index in [4.69, 9.17) is 0 Å². The first-order chi connectivity index (χ1) is 8.33. The standard InChI is InChI=1S/C13H24N4/c1-3-14-12(13-15-10-16-17(13)2)11-8-6-4-5-7-9-11/h10-12,14H,3-9H2,1-2H3. The highest BCUT2D eigenvalue weighted by molar-refractivity contribution is 4.97. The minimum atomic E-state index is 0.380. The number of nitrogens with zero attached hydrogens (tertiary/aromatic N) is 3. The molecule has 1 heterocycles. The van der Waals surface area contributed by atoms with E-state index in [0.29, 0.717) is 6.04 Å². The van der Waals surface area contributed by atoms with Crippen LogP contribution >= 0.6 is 0 Å². The zero-order valence-electron chi connectivity index (χ0n) is 11.0. The van der Waals surface area contributed by atoms with E-state index in [-0.39, 0.29) is 0 Å². The second-order valence-electron chi connectivity index (χ2n) is 5.03. The quantitative estimate of drug-likeness (QED) is 0.816. The van der Waals surface area contributed by atoms with Crippen molar-refractivity contribution in [1.82, 2.24) is 20.1 Å². The Morgan fingerprint density at radius 3 is 2.59 bits per heavy atom. The van der Waals surface area contributed by atoms with Crippen LogP contribution in [0, 0.1) is 5.92 Å². The van der Waals surface area contributed by atoms with Crippen LogP contribution in [0.1, 0.15) is 57.3 Å². The minimum Gasteiger partial charge on any atom is -0.307 e.